The molecule has 0 radical (unpaired) electrons. The summed E-state index contributed by atoms with van der Waals surface area (Å²) in [4.78, 5) is 0. The van der Waals surface area contributed by atoms with Crippen molar-refractivity contribution >= 4 is 0 Å². The molecule has 2 heteroatoms. The van der Waals surface area contributed by atoms with Gasteiger partial charge in [-0.3, -0.25) is 0 Å². The zero-order chi connectivity index (χ0) is 10.7. The van der Waals surface area contributed by atoms with E-state index in [4.69, 9.17) is 5.26 Å². The lowest BCUT2D eigenvalue weighted by molar-refractivity contribution is 0.169. The van der Waals surface area contributed by atoms with Crippen LogP contribution in [-0.4, -0.2) is 11.2 Å². The molecule has 0 unspecified atom stereocenters. The minimum atomic E-state index is -0.426. The number of benzene rings is 1. The highest BCUT2D eigenvalue weighted by Gasteiger charge is 2.14. The maximum Gasteiger partial charge on any atom is 0.0994 e. The van der Waals surface area contributed by atoms with Crippen LogP contribution in [0.1, 0.15) is 36.5 Å². The molecule has 1 N–H and O–H groups in total. The number of nitriles is 1. The van der Waals surface area contributed by atoms with Gasteiger partial charge in [0.1, 0.15) is 0 Å². The minimum absolute atomic E-state index is 0.00486. The number of aryl methyl sites for hydroxylation is 1. The third-order valence-corrected chi connectivity index (χ3v) is 2.54. The molecule has 1 aromatic rings. The minimum Gasteiger partial charge on any atom is -0.393 e. The van der Waals surface area contributed by atoms with Crippen LogP contribution in [0.2, 0.25) is 0 Å². The number of hydrogen-bond donors (Lipinski definition) is 1. The Hall–Kier alpha value is -1.33. The van der Waals surface area contributed by atoms with Crippen LogP contribution in [0.5, 0.6) is 0 Å². The topological polar surface area (TPSA) is 44.0 Å². The lowest BCUT2D eigenvalue weighted by atomic mass is 9.91. The second-order valence-electron chi connectivity index (χ2n) is 3.73. The molecule has 0 aromatic heterocycles. The van der Waals surface area contributed by atoms with Crippen molar-refractivity contribution in [3.05, 3.63) is 34.9 Å². The first-order chi connectivity index (χ1) is 6.56. The third kappa shape index (κ3) is 2.12. The second kappa shape index (κ2) is 4.26. The van der Waals surface area contributed by atoms with Gasteiger partial charge in [-0.15, -0.1) is 0 Å². The molecule has 0 fully saturated rings. The third-order valence-electron chi connectivity index (χ3n) is 2.54. The van der Waals surface area contributed by atoms with Crippen molar-refractivity contribution in [2.75, 3.05) is 0 Å². The molecule has 1 rings (SSSR count). The van der Waals surface area contributed by atoms with E-state index >= 15 is 0 Å². The van der Waals surface area contributed by atoms with Gasteiger partial charge in [0.2, 0.25) is 0 Å². The smallest absolute Gasteiger partial charge is 0.0994 e. The van der Waals surface area contributed by atoms with Crippen LogP contribution in [0.4, 0.5) is 0 Å². The van der Waals surface area contributed by atoms with Gasteiger partial charge in [0.15, 0.2) is 0 Å². The first-order valence-corrected chi connectivity index (χ1v) is 4.75. The van der Waals surface area contributed by atoms with Crippen LogP contribution in [0.25, 0.3) is 0 Å². The monoisotopic (exact) mass is 189 g/mol. The van der Waals surface area contributed by atoms with Crippen LogP contribution in [0, 0.1) is 18.3 Å². The fourth-order valence-corrected chi connectivity index (χ4v) is 1.42. The largest absolute Gasteiger partial charge is 0.393 e. The number of nitrogens with zero attached hydrogens (tertiary/aromatic N) is 1. The summed E-state index contributed by atoms with van der Waals surface area (Å²) in [5.41, 5.74) is 2.66. The van der Waals surface area contributed by atoms with Crippen molar-refractivity contribution in [1.29, 1.82) is 5.26 Å². The van der Waals surface area contributed by atoms with E-state index in [-0.39, 0.29) is 5.92 Å². The van der Waals surface area contributed by atoms with E-state index in [0.29, 0.717) is 5.56 Å². The molecule has 0 saturated carbocycles. The summed E-state index contributed by atoms with van der Waals surface area (Å²) in [7, 11) is 0. The summed E-state index contributed by atoms with van der Waals surface area (Å²) in [6.07, 6.45) is -0.426. The van der Waals surface area contributed by atoms with Crippen molar-refractivity contribution in [3.8, 4) is 6.07 Å². The summed E-state index contributed by atoms with van der Waals surface area (Å²) in [6.45, 7) is 5.62. The predicted molar refractivity (Wildman–Crippen MR) is 56.0 cm³/mol. The van der Waals surface area contributed by atoms with Crippen LogP contribution < -0.4 is 0 Å². The molecule has 0 aliphatic carbocycles. The molecule has 0 bridgehead atoms. The molecule has 1 aromatic carbocycles. The Morgan fingerprint density at radius 1 is 1.36 bits per heavy atom. The Labute approximate surface area is 84.8 Å². The van der Waals surface area contributed by atoms with E-state index in [1.807, 2.05) is 32.0 Å². The van der Waals surface area contributed by atoms with E-state index in [0.717, 1.165) is 11.1 Å². The predicted octanol–water partition coefficient (Wildman–Crippen LogP) is 2.35. The van der Waals surface area contributed by atoms with Gasteiger partial charge in [-0.25, -0.2) is 0 Å². The lowest BCUT2D eigenvalue weighted by Gasteiger charge is -2.16. The summed E-state index contributed by atoms with van der Waals surface area (Å²) in [5.74, 6) is 0.00486. The number of aliphatic hydroxyl groups excluding tert-OH is 1. The molecule has 0 amide bonds. The van der Waals surface area contributed by atoms with Gasteiger partial charge in [0.25, 0.3) is 0 Å². The average molecular weight is 189 g/mol. The summed E-state index contributed by atoms with van der Waals surface area (Å²) in [5, 5.41) is 18.4. The van der Waals surface area contributed by atoms with Crippen molar-refractivity contribution in [2.24, 2.45) is 0 Å². The number of rotatable bonds is 2. The molecule has 0 heterocycles. The van der Waals surface area contributed by atoms with Crippen LogP contribution >= 0.6 is 0 Å². The van der Waals surface area contributed by atoms with Gasteiger partial charge >= 0.3 is 0 Å². The highest BCUT2D eigenvalue weighted by atomic mass is 16.3. The normalized spacial score (nSPS) is 14.5. The lowest BCUT2D eigenvalue weighted by Crippen LogP contribution is -2.12. The summed E-state index contributed by atoms with van der Waals surface area (Å²) in [6, 6.07) is 7.91. The maximum absolute atomic E-state index is 9.45. The molecule has 2 nitrogen and oxygen atoms in total. The summed E-state index contributed by atoms with van der Waals surface area (Å²) >= 11 is 0. The fourth-order valence-electron chi connectivity index (χ4n) is 1.42. The van der Waals surface area contributed by atoms with Crippen molar-refractivity contribution in [1.82, 2.24) is 0 Å². The Bertz CT molecular complexity index is 363. The SMILES string of the molecule is Cc1ccc([C@H](C)[C@H](C)O)c(C#N)c1. The molecule has 74 valence electrons. The van der Waals surface area contributed by atoms with E-state index in [9.17, 15) is 5.11 Å². The Morgan fingerprint density at radius 2 is 2.00 bits per heavy atom. The maximum atomic E-state index is 9.45. The second-order valence-corrected chi connectivity index (χ2v) is 3.73. The molecule has 0 aliphatic heterocycles. The van der Waals surface area contributed by atoms with Gasteiger partial charge < -0.3 is 5.11 Å². The van der Waals surface area contributed by atoms with E-state index in [1.165, 1.54) is 0 Å². The Balaban J connectivity index is 3.16. The van der Waals surface area contributed by atoms with Crippen LogP contribution in [0.3, 0.4) is 0 Å². The molecular formula is C12H15NO. The zero-order valence-electron chi connectivity index (χ0n) is 8.78. The number of hydrogen-bond acceptors (Lipinski definition) is 2. The van der Waals surface area contributed by atoms with Crippen LogP contribution in [0.15, 0.2) is 18.2 Å². The zero-order valence-corrected chi connectivity index (χ0v) is 8.78. The first-order valence-electron chi connectivity index (χ1n) is 4.75. The van der Waals surface area contributed by atoms with Gasteiger partial charge in [-0.2, -0.15) is 5.26 Å². The fraction of sp³-hybridized carbons (Fsp3) is 0.417. The quantitative estimate of drug-likeness (QED) is 0.776. The standard InChI is InChI=1S/C12H15NO/c1-8-4-5-12(9(2)10(3)14)11(6-8)7-13/h4-6,9-10,14H,1-3H3/t9-,10+/m1/s1. The van der Waals surface area contributed by atoms with Gasteiger partial charge in [-0.1, -0.05) is 19.1 Å². The van der Waals surface area contributed by atoms with Gasteiger partial charge in [0, 0.05) is 5.92 Å². The van der Waals surface area contributed by atoms with Crippen molar-refractivity contribution < 1.29 is 5.11 Å². The van der Waals surface area contributed by atoms with Crippen molar-refractivity contribution in [2.45, 2.75) is 32.8 Å². The Kier molecular flexibility index (Phi) is 3.27. The molecule has 0 aliphatic rings. The molecular weight excluding hydrogens is 174 g/mol. The van der Waals surface area contributed by atoms with Crippen LogP contribution in [-0.2, 0) is 0 Å². The molecule has 2 atom stereocenters. The van der Waals surface area contributed by atoms with Gasteiger partial charge in [-0.05, 0) is 31.0 Å². The van der Waals surface area contributed by atoms with Gasteiger partial charge in [0.05, 0.1) is 17.7 Å². The van der Waals surface area contributed by atoms with E-state index in [1.54, 1.807) is 6.92 Å². The van der Waals surface area contributed by atoms with E-state index < -0.39 is 6.10 Å². The van der Waals surface area contributed by atoms with Crippen molar-refractivity contribution in [3.63, 3.8) is 0 Å². The average Bonchev–Trinajstić information content (AvgIpc) is 2.16. The first kappa shape index (κ1) is 10.7. The molecule has 0 spiro atoms. The van der Waals surface area contributed by atoms with E-state index in [2.05, 4.69) is 6.07 Å². The Morgan fingerprint density at radius 3 is 2.50 bits per heavy atom. The molecule has 0 saturated heterocycles. The highest BCUT2D eigenvalue weighted by Crippen LogP contribution is 2.23. The molecule has 14 heavy (non-hydrogen) atoms. The number of aliphatic hydroxyl groups is 1. The highest BCUT2D eigenvalue weighted by molar-refractivity contribution is 5.42. The summed E-state index contributed by atoms with van der Waals surface area (Å²) < 4.78 is 0.